The number of aryl methyl sites for hydroxylation is 1. The number of hydrogen-bond donors (Lipinski definition) is 1. The fourth-order valence-corrected chi connectivity index (χ4v) is 3.92. The van der Waals surface area contributed by atoms with Gasteiger partial charge in [0.25, 0.3) is 0 Å². The molecule has 3 rings (SSSR count). The lowest BCUT2D eigenvalue weighted by Crippen LogP contribution is -2.26. The van der Waals surface area contributed by atoms with Crippen LogP contribution in [0.1, 0.15) is 27.8 Å². The molecule has 134 valence electrons. The van der Waals surface area contributed by atoms with Crippen molar-refractivity contribution in [1.82, 2.24) is 14.9 Å². The minimum atomic E-state index is -0.318. The van der Waals surface area contributed by atoms with Crippen LogP contribution in [0.5, 0.6) is 0 Å². The summed E-state index contributed by atoms with van der Waals surface area (Å²) in [6.07, 6.45) is 0.779. The zero-order valence-corrected chi connectivity index (χ0v) is 16.1. The second-order valence-electron chi connectivity index (χ2n) is 6.42. The Morgan fingerprint density at radius 2 is 1.69 bits per heavy atom. The molecule has 1 heterocycles. The largest absolute Gasteiger partial charge is 0.348 e. The molecule has 2 aromatic carbocycles. The van der Waals surface area contributed by atoms with Crippen molar-refractivity contribution in [3.63, 3.8) is 0 Å². The molecule has 0 aliphatic rings. The van der Waals surface area contributed by atoms with Crippen molar-refractivity contribution in [1.29, 1.82) is 0 Å². The fraction of sp³-hybridized carbons (Fsp3) is 0.238. The van der Waals surface area contributed by atoms with E-state index in [1.807, 2.05) is 55.5 Å². The molecule has 3 aromatic rings. The van der Waals surface area contributed by atoms with E-state index in [9.17, 15) is 4.79 Å². The smallest absolute Gasteiger partial charge is 0.240 e. The van der Waals surface area contributed by atoms with Gasteiger partial charge < -0.3 is 9.88 Å². The normalized spacial score (nSPS) is 12.0. The second-order valence-corrected chi connectivity index (χ2v) is 7.51. The molecule has 1 aromatic heterocycles. The Balaban J connectivity index is 1.83. The van der Waals surface area contributed by atoms with Crippen LogP contribution in [0.3, 0.4) is 0 Å². The van der Waals surface area contributed by atoms with Gasteiger partial charge in [-0.05, 0) is 18.1 Å². The molecule has 0 saturated heterocycles. The van der Waals surface area contributed by atoms with Crippen molar-refractivity contribution in [3.8, 4) is 0 Å². The molecular formula is C21H23N3OS. The Hall–Kier alpha value is -2.53. The van der Waals surface area contributed by atoms with Gasteiger partial charge in [-0.2, -0.15) is 0 Å². The van der Waals surface area contributed by atoms with Gasteiger partial charge in [0.2, 0.25) is 5.91 Å². The van der Waals surface area contributed by atoms with Gasteiger partial charge in [-0.1, -0.05) is 72.4 Å². The number of H-pyrrole nitrogens is 1. The number of imidazole rings is 1. The van der Waals surface area contributed by atoms with Gasteiger partial charge in [0.1, 0.15) is 5.25 Å². The third kappa shape index (κ3) is 4.35. The average Bonchev–Trinajstić information content (AvgIpc) is 3.00. The first kappa shape index (κ1) is 18.3. The molecule has 0 aliphatic carbocycles. The topological polar surface area (TPSA) is 49.0 Å². The molecule has 0 radical (unpaired) electrons. The van der Waals surface area contributed by atoms with Crippen molar-refractivity contribution in [2.24, 2.45) is 0 Å². The summed E-state index contributed by atoms with van der Waals surface area (Å²) in [6, 6.07) is 20.1. The highest BCUT2D eigenvalue weighted by Crippen LogP contribution is 2.35. The van der Waals surface area contributed by atoms with Crippen molar-refractivity contribution < 1.29 is 4.79 Å². The number of nitrogens with zero attached hydrogens (tertiary/aromatic N) is 2. The molecule has 0 unspecified atom stereocenters. The summed E-state index contributed by atoms with van der Waals surface area (Å²) in [6.45, 7) is 2.03. The van der Waals surface area contributed by atoms with Crippen molar-refractivity contribution in [2.45, 2.75) is 23.8 Å². The van der Waals surface area contributed by atoms with Crippen LogP contribution >= 0.6 is 11.8 Å². The monoisotopic (exact) mass is 365 g/mol. The van der Waals surface area contributed by atoms with Gasteiger partial charge in [-0.25, -0.2) is 4.98 Å². The first-order valence-corrected chi connectivity index (χ1v) is 9.44. The van der Waals surface area contributed by atoms with E-state index in [0.717, 1.165) is 28.5 Å². The summed E-state index contributed by atoms with van der Waals surface area (Å²) < 4.78 is 0. The van der Waals surface area contributed by atoms with Crippen LogP contribution in [0.25, 0.3) is 0 Å². The number of carbonyl (C=O) groups is 1. The molecule has 26 heavy (non-hydrogen) atoms. The van der Waals surface area contributed by atoms with Crippen LogP contribution in [0.2, 0.25) is 0 Å². The summed E-state index contributed by atoms with van der Waals surface area (Å²) in [5.41, 5.74) is 4.26. The van der Waals surface area contributed by atoms with E-state index < -0.39 is 0 Å². The maximum atomic E-state index is 12.7. The molecule has 0 aliphatic heterocycles. The van der Waals surface area contributed by atoms with E-state index in [-0.39, 0.29) is 11.2 Å². The van der Waals surface area contributed by atoms with Crippen LogP contribution in [-0.4, -0.2) is 34.9 Å². The number of benzene rings is 2. The first-order valence-electron chi connectivity index (χ1n) is 8.57. The molecule has 1 amide bonds. The highest BCUT2D eigenvalue weighted by atomic mass is 32.2. The summed E-state index contributed by atoms with van der Waals surface area (Å²) in [7, 11) is 3.57. The zero-order valence-electron chi connectivity index (χ0n) is 15.3. The first-order chi connectivity index (χ1) is 12.5. The third-order valence-corrected chi connectivity index (χ3v) is 5.30. The zero-order chi connectivity index (χ0) is 18.5. The quantitative estimate of drug-likeness (QED) is 0.665. The summed E-state index contributed by atoms with van der Waals surface area (Å²) in [4.78, 5) is 22.4. The number of thioether (sulfide) groups is 1. The predicted molar refractivity (Wildman–Crippen MR) is 106 cm³/mol. The molecule has 0 fully saturated rings. The summed E-state index contributed by atoms with van der Waals surface area (Å²) >= 11 is 1.47. The van der Waals surface area contributed by atoms with Gasteiger partial charge in [-0.3, -0.25) is 4.79 Å². The molecular weight excluding hydrogens is 342 g/mol. The van der Waals surface area contributed by atoms with E-state index in [1.54, 1.807) is 19.0 Å². The standard InChI is InChI=1S/C21H23N3OS/c1-15-18(14-16-10-6-4-7-11-16)23-21(22-15)26-19(20(25)24(2)3)17-12-8-5-9-13-17/h4-13,19H,14H2,1-3H3,(H,22,23)/t19-/m1/s1. The van der Waals surface area contributed by atoms with Crippen LogP contribution in [0.15, 0.2) is 65.8 Å². The lowest BCUT2D eigenvalue weighted by molar-refractivity contribution is -0.128. The van der Waals surface area contributed by atoms with Crippen LogP contribution < -0.4 is 0 Å². The minimum absolute atomic E-state index is 0.0554. The van der Waals surface area contributed by atoms with E-state index in [2.05, 4.69) is 17.1 Å². The highest BCUT2D eigenvalue weighted by molar-refractivity contribution is 8.00. The van der Waals surface area contributed by atoms with E-state index in [4.69, 9.17) is 4.98 Å². The van der Waals surface area contributed by atoms with Crippen molar-refractivity contribution >= 4 is 17.7 Å². The highest BCUT2D eigenvalue weighted by Gasteiger charge is 2.25. The van der Waals surface area contributed by atoms with E-state index in [0.29, 0.717) is 0 Å². The Morgan fingerprint density at radius 3 is 2.31 bits per heavy atom. The van der Waals surface area contributed by atoms with Gasteiger partial charge in [-0.15, -0.1) is 0 Å². The maximum Gasteiger partial charge on any atom is 0.240 e. The molecule has 0 saturated carbocycles. The van der Waals surface area contributed by atoms with Crippen molar-refractivity contribution in [3.05, 3.63) is 83.2 Å². The molecule has 1 atom stereocenters. The molecule has 1 N–H and O–H groups in total. The Morgan fingerprint density at radius 1 is 1.08 bits per heavy atom. The van der Waals surface area contributed by atoms with Gasteiger partial charge in [0.05, 0.1) is 5.69 Å². The van der Waals surface area contributed by atoms with Crippen LogP contribution in [0, 0.1) is 6.92 Å². The van der Waals surface area contributed by atoms with E-state index in [1.165, 1.54) is 17.3 Å². The fourth-order valence-electron chi connectivity index (χ4n) is 2.72. The van der Waals surface area contributed by atoms with Gasteiger partial charge >= 0.3 is 0 Å². The average molecular weight is 366 g/mol. The number of likely N-dealkylation sites (N-methyl/N-ethyl adjacent to an activating group) is 1. The number of rotatable bonds is 6. The molecule has 0 spiro atoms. The van der Waals surface area contributed by atoms with Gasteiger partial charge in [0.15, 0.2) is 5.16 Å². The van der Waals surface area contributed by atoms with E-state index >= 15 is 0 Å². The van der Waals surface area contributed by atoms with Crippen LogP contribution in [-0.2, 0) is 11.2 Å². The lowest BCUT2D eigenvalue weighted by atomic mass is 10.1. The molecule has 0 bridgehead atoms. The molecule has 5 heteroatoms. The third-order valence-electron chi connectivity index (χ3n) is 4.18. The Kier molecular flexibility index (Phi) is 5.78. The number of nitrogens with one attached hydrogen (secondary N) is 1. The number of aromatic amines is 1. The van der Waals surface area contributed by atoms with Crippen molar-refractivity contribution in [2.75, 3.05) is 14.1 Å². The number of amides is 1. The summed E-state index contributed by atoms with van der Waals surface area (Å²) in [5, 5.41) is 0.457. The number of aromatic nitrogens is 2. The van der Waals surface area contributed by atoms with Gasteiger partial charge in [0, 0.05) is 26.2 Å². The summed E-state index contributed by atoms with van der Waals surface area (Å²) in [5.74, 6) is 0.0554. The number of hydrogen-bond acceptors (Lipinski definition) is 3. The lowest BCUT2D eigenvalue weighted by Gasteiger charge is -2.19. The maximum absolute atomic E-state index is 12.7. The number of carbonyl (C=O) groups excluding carboxylic acids is 1. The minimum Gasteiger partial charge on any atom is -0.348 e. The SMILES string of the molecule is Cc1[nH]c(S[C@@H](C(=O)N(C)C)c2ccccc2)nc1Cc1ccccc1. The van der Waals surface area contributed by atoms with Crippen LogP contribution in [0.4, 0.5) is 0 Å². The molecule has 4 nitrogen and oxygen atoms in total. The second kappa shape index (κ2) is 8.23. The Labute approximate surface area is 158 Å². The predicted octanol–water partition coefficient (Wildman–Crippen LogP) is 4.23. The Bertz CT molecular complexity index is 859.